The number of carbonyl (C=O) groups excluding carboxylic acids is 2. The van der Waals surface area contributed by atoms with Crippen LogP contribution in [0.4, 0.5) is 15.8 Å². The number of nitro benzene ring substituents is 1. The minimum absolute atomic E-state index is 0.106. The monoisotopic (exact) mass is 343 g/mol. The molecule has 1 atom stereocenters. The van der Waals surface area contributed by atoms with Crippen LogP contribution in [0.2, 0.25) is 0 Å². The van der Waals surface area contributed by atoms with Crippen LogP contribution >= 0.6 is 0 Å². The number of hydrogen-bond acceptors (Lipinski definition) is 4. The van der Waals surface area contributed by atoms with E-state index in [1.165, 1.54) is 47.4 Å². The van der Waals surface area contributed by atoms with Crippen molar-refractivity contribution in [2.75, 3.05) is 11.4 Å². The molecule has 1 aliphatic rings. The van der Waals surface area contributed by atoms with E-state index in [4.69, 9.17) is 0 Å². The van der Waals surface area contributed by atoms with E-state index in [9.17, 15) is 24.1 Å². The molecule has 128 valence electrons. The number of carbonyl (C=O) groups is 2. The van der Waals surface area contributed by atoms with E-state index >= 15 is 0 Å². The van der Waals surface area contributed by atoms with Crippen LogP contribution in [0, 0.1) is 15.9 Å². The molecule has 2 amide bonds. The zero-order chi connectivity index (χ0) is 18.0. The Morgan fingerprint density at radius 1 is 1.24 bits per heavy atom. The quantitative estimate of drug-likeness (QED) is 0.681. The summed E-state index contributed by atoms with van der Waals surface area (Å²) >= 11 is 0. The van der Waals surface area contributed by atoms with Gasteiger partial charge in [-0.25, -0.2) is 4.39 Å². The molecule has 1 aliphatic heterocycles. The summed E-state index contributed by atoms with van der Waals surface area (Å²) in [6, 6.07) is 10.5. The molecule has 25 heavy (non-hydrogen) atoms. The van der Waals surface area contributed by atoms with E-state index in [1.54, 1.807) is 6.07 Å². The molecule has 1 saturated heterocycles. The van der Waals surface area contributed by atoms with Gasteiger partial charge in [0.1, 0.15) is 5.82 Å². The predicted octanol–water partition coefficient (Wildman–Crippen LogP) is 2.27. The van der Waals surface area contributed by atoms with Crippen LogP contribution in [-0.4, -0.2) is 29.3 Å². The number of halogens is 1. The van der Waals surface area contributed by atoms with Gasteiger partial charge in [0, 0.05) is 36.3 Å². The van der Waals surface area contributed by atoms with Gasteiger partial charge < -0.3 is 10.2 Å². The summed E-state index contributed by atoms with van der Waals surface area (Å²) < 4.78 is 13.3. The van der Waals surface area contributed by atoms with E-state index < -0.39 is 22.7 Å². The van der Waals surface area contributed by atoms with Gasteiger partial charge in [0.25, 0.3) is 11.6 Å². The Morgan fingerprint density at radius 3 is 2.60 bits per heavy atom. The first-order valence-corrected chi connectivity index (χ1v) is 7.55. The van der Waals surface area contributed by atoms with Gasteiger partial charge in [-0.05, 0) is 30.3 Å². The molecule has 0 spiro atoms. The molecule has 1 fully saturated rings. The number of nitrogens with zero attached hydrogens (tertiary/aromatic N) is 2. The van der Waals surface area contributed by atoms with Crippen LogP contribution in [-0.2, 0) is 4.79 Å². The molecule has 7 nitrogen and oxygen atoms in total. The number of non-ortho nitro benzene ring substituents is 1. The number of amides is 2. The summed E-state index contributed by atoms with van der Waals surface area (Å²) in [7, 11) is 0. The highest BCUT2D eigenvalue weighted by molar-refractivity contribution is 5.99. The van der Waals surface area contributed by atoms with Crippen LogP contribution in [0.1, 0.15) is 16.8 Å². The molecule has 1 heterocycles. The molecule has 1 N–H and O–H groups in total. The average molecular weight is 343 g/mol. The number of nitro groups is 1. The third-order valence-electron chi connectivity index (χ3n) is 3.92. The van der Waals surface area contributed by atoms with Crippen LogP contribution in [0.3, 0.4) is 0 Å². The third-order valence-corrected chi connectivity index (χ3v) is 3.92. The van der Waals surface area contributed by atoms with Gasteiger partial charge in [0.05, 0.1) is 11.0 Å². The molecular formula is C17H14FN3O4. The number of hydrogen-bond donors (Lipinski definition) is 1. The van der Waals surface area contributed by atoms with Gasteiger partial charge in [-0.1, -0.05) is 6.07 Å². The molecule has 0 radical (unpaired) electrons. The summed E-state index contributed by atoms with van der Waals surface area (Å²) in [5.74, 6) is -1.07. The van der Waals surface area contributed by atoms with E-state index in [1.807, 2.05) is 0 Å². The van der Waals surface area contributed by atoms with Crippen molar-refractivity contribution < 1.29 is 18.9 Å². The fourth-order valence-corrected chi connectivity index (χ4v) is 2.70. The Bertz CT molecular complexity index is 838. The van der Waals surface area contributed by atoms with Crippen molar-refractivity contribution >= 4 is 23.2 Å². The standard InChI is InChI=1S/C17H14FN3O4/c18-12-2-1-3-15(8-12)20-10-13(9-16(20)22)19-17(23)11-4-6-14(7-5-11)21(24)25/h1-8,13H,9-10H2,(H,19,23). The maximum absolute atomic E-state index is 13.3. The number of benzene rings is 2. The Morgan fingerprint density at radius 2 is 1.96 bits per heavy atom. The molecule has 2 aromatic carbocycles. The van der Waals surface area contributed by atoms with Crippen molar-refractivity contribution in [1.82, 2.24) is 5.32 Å². The fraction of sp³-hybridized carbons (Fsp3) is 0.176. The highest BCUT2D eigenvalue weighted by Crippen LogP contribution is 2.22. The molecule has 8 heteroatoms. The number of nitrogens with one attached hydrogen (secondary N) is 1. The van der Waals surface area contributed by atoms with Crippen LogP contribution < -0.4 is 10.2 Å². The normalized spacial score (nSPS) is 16.8. The lowest BCUT2D eigenvalue weighted by Gasteiger charge is -2.17. The van der Waals surface area contributed by atoms with Crippen molar-refractivity contribution in [1.29, 1.82) is 0 Å². The maximum Gasteiger partial charge on any atom is 0.269 e. The van der Waals surface area contributed by atoms with Crippen molar-refractivity contribution in [3.8, 4) is 0 Å². The molecule has 2 aromatic rings. The second-order valence-electron chi connectivity index (χ2n) is 5.66. The Balaban J connectivity index is 1.66. The Labute approximate surface area is 142 Å². The minimum atomic E-state index is -0.547. The summed E-state index contributed by atoms with van der Waals surface area (Å²) in [4.78, 5) is 35.8. The van der Waals surface area contributed by atoms with Crippen molar-refractivity contribution in [3.63, 3.8) is 0 Å². The zero-order valence-corrected chi connectivity index (χ0v) is 13.0. The SMILES string of the molecule is O=C(NC1CC(=O)N(c2cccc(F)c2)C1)c1ccc([N+](=O)[O-])cc1. The van der Waals surface area contributed by atoms with Gasteiger partial charge in [-0.2, -0.15) is 0 Å². The third kappa shape index (κ3) is 3.63. The first-order valence-electron chi connectivity index (χ1n) is 7.55. The topological polar surface area (TPSA) is 92.6 Å². The minimum Gasteiger partial charge on any atom is -0.347 e. The molecule has 3 rings (SSSR count). The second kappa shape index (κ2) is 6.68. The first-order chi connectivity index (χ1) is 11.9. The summed E-state index contributed by atoms with van der Waals surface area (Å²) in [6.45, 7) is 0.237. The van der Waals surface area contributed by atoms with Crippen molar-refractivity contribution in [3.05, 3.63) is 70.0 Å². The Kier molecular flexibility index (Phi) is 4.42. The summed E-state index contributed by atoms with van der Waals surface area (Å²) in [6.07, 6.45) is 0.106. The van der Waals surface area contributed by atoms with E-state index in [0.717, 1.165) is 0 Å². The fourth-order valence-electron chi connectivity index (χ4n) is 2.70. The number of anilines is 1. The van der Waals surface area contributed by atoms with E-state index in [0.29, 0.717) is 5.69 Å². The zero-order valence-electron chi connectivity index (χ0n) is 13.0. The second-order valence-corrected chi connectivity index (χ2v) is 5.66. The van der Waals surface area contributed by atoms with Crippen LogP contribution in [0.15, 0.2) is 48.5 Å². The van der Waals surface area contributed by atoms with Gasteiger partial charge in [0.2, 0.25) is 5.91 Å². The molecule has 0 aromatic heterocycles. The van der Waals surface area contributed by atoms with E-state index in [-0.39, 0.29) is 30.1 Å². The lowest BCUT2D eigenvalue weighted by Crippen LogP contribution is -2.37. The highest BCUT2D eigenvalue weighted by Gasteiger charge is 2.31. The lowest BCUT2D eigenvalue weighted by atomic mass is 10.1. The molecule has 0 saturated carbocycles. The van der Waals surface area contributed by atoms with Crippen LogP contribution in [0.25, 0.3) is 0 Å². The molecule has 0 bridgehead atoms. The largest absolute Gasteiger partial charge is 0.347 e. The van der Waals surface area contributed by atoms with Gasteiger partial charge >= 0.3 is 0 Å². The van der Waals surface area contributed by atoms with Gasteiger partial charge in [-0.15, -0.1) is 0 Å². The van der Waals surface area contributed by atoms with Crippen LogP contribution in [0.5, 0.6) is 0 Å². The first kappa shape index (κ1) is 16.6. The number of rotatable bonds is 4. The average Bonchev–Trinajstić information content (AvgIpc) is 2.95. The van der Waals surface area contributed by atoms with E-state index in [2.05, 4.69) is 5.32 Å². The lowest BCUT2D eigenvalue weighted by molar-refractivity contribution is -0.384. The maximum atomic E-state index is 13.3. The van der Waals surface area contributed by atoms with Crippen molar-refractivity contribution in [2.45, 2.75) is 12.5 Å². The Hall–Kier alpha value is -3.29. The van der Waals surface area contributed by atoms with Crippen molar-refractivity contribution in [2.24, 2.45) is 0 Å². The van der Waals surface area contributed by atoms with Gasteiger partial charge in [0.15, 0.2) is 0 Å². The molecular weight excluding hydrogens is 329 g/mol. The summed E-state index contributed by atoms with van der Waals surface area (Å²) in [5.41, 5.74) is 0.601. The summed E-state index contributed by atoms with van der Waals surface area (Å²) in [5, 5.41) is 13.4. The smallest absolute Gasteiger partial charge is 0.269 e. The molecule has 1 unspecified atom stereocenters. The highest BCUT2D eigenvalue weighted by atomic mass is 19.1. The predicted molar refractivity (Wildman–Crippen MR) is 87.7 cm³/mol. The molecule has 0 aliphatic carbocycles. The van der Waals surface area contributed by atoms with Gasteiger partial charge in [-0.3, -0.25) is 19.7 Å².